The molecule has 5 atom stereocenters. The monoisotopic (exact) mass is 520 g/mol. The van der Waals surface area contributed by atoms with Gasteiger partial charge in [-0.05, 0) is 12.1 Å². The minimum Gasteiger partial charge on any atom is -0.504 e. The van der Waals surface area contributed by atoms with Crippen LogP contribution in [0.1, 0.15) is 20.7 Å². The summed E-state index contributed by atoms with van der Waals surface area (Å²) in [4.78, 5) is 50.0. The number of phenols is 6. The second kappa shape index (κ2) is 9.48. The lowest BCUT2D eigenvalue weighted by Crippen LogP contribution is -2.56. The van der Waals surface area contributed by atoms with E-state index in [4.69, 9.17) is 18.9 Å². The Morgan fingerprint density at radius 2 is 1.32 bits per heavy atom. The molecule has 0 spiro atoms. The van der Waals surface area contributed by atoms with Crippen molar-refractivity contribution in [3.63, 3.8) is 0 Å². The largest absolute Gasteiger partial charge is 0.504 e. The van der Waals surface area contributed by atoms with E-state index >= 15 is 0 Å². The van der Waals surface area contributed by atoms with E-state index in [0.717, 1.165) is 0 Å². The molecule has 1 fully saturated rings. The zero-order chi connectivity index (χ0) is 27.2. The molecule has 2 unspecified atom stereocenters. The minimum absolute atomic E-state index is 0.323. The first kappa shape index (κ1) is 25.5. The van der Waals surface area contributed by atoms with Gasteiger partial charge >= 0.3 is 11.9 Å². The molecule has 0 saturated carbocycles. The van der Waals surface area contributed by atoms with Gasteiger partial charge in [0.1, 0.15) is 31.4 Å². The molecule has 6 N–H and O–H groups in total. The van der Waals surface area contributed by atoms with Crippen LogP contribution in [0.3, 0.4) is 0 Å². The normalized spacial score (nSPS) is 25.4. The summed E-state index contributed by atoms with van der Waals surface area (Å²) >= 11 is 0. The van der Waals surface area contributed by atoms with Crippen molar-refractivity contribution in [1.29, 1.82) is 0 Å². The molecule has 4 rings (SSSR count). The summed E-state index contributed by atoms with van der Waals surface area (Å²) in [6, 6.07) is 1.30. The van der Waals surface area contributed by atoms with Crippen LogP contribution in [0.15, 0.2) is 12.1 Å². The molecule has 2 aliphatic rings. The van der Waals surface area contributed by atoms with Gasteiger partial charge in [0, 0.05) is 18.2 Å². The van der Waals surface area contributed by atoms with Crippen LogP contribution in [-0.2, 0) is 28.5 Å². The number of phenolic OH excluding ortho intramolecular Hbond substituents is 6. The molecule has 14 heteroatoms. The fourth-order valence-corrected chi connectivity index (χ4v) is 4.35. The first-order chi connectivity index (χ1) is 17.5. The van der Waals surface area contributed by atoms with E-state index in [-0.39, 0.29) is 0 Å². The number of benzene rings is 2. The average Bonchev–Trinajstić information content (AvgIpc) is 2.89. The van der Waals surface area contributed by atoms with Gasteiger partial charge in [0.2, 0.25) is 11.5 Å². The number of aromatic hydroxyl groups is 6. The average molecular weight is 520 g/mol. The second-order valence-corrected chi connectivity index (χ2v) is 8.20. The Bertz CT molecular complexity index is 1300. The van der Waals surface area contributed by atoms with Gasteiger partial charge in [0.25, 0.3) is 0 Å². The van der Waals surface area contributed by atoms with Crippen molar-refractivity contribution in [3.8, 4) is 45.6 Å². The summed E-state index contributed by atoms with van der Waals surface area (Å²) in [5, 5.41) is 61.4. The molecule has 37 heavy (non-hydrogen) atoms. The van der Waals surface area contributed by atoms with E-state index in [0.29, 0.717) is 24.7 Å². The molecule has 0 amide bonds. The number of carbonyl (C=O) groups excluding carboxylic acids is 4. The molecule has 0 radical (unpaired) electrons. The van der Waals surface area contributed by atoms with E-state index in [1.165, 1.54) is 7.11 Å². The molecule has 2 aromatic carbocycles. The van der Waals surface area contributed by atoms with Gasteiger partial charge in [0.15, 0.2) is 29.3 Å². The molecule has 1 saturated heterocycles. The number of esters is 2. The highest BCUT2D eigenvalue weighted by molar-refractivity contribution is 6.08. The van der Waals surface area contributed by atoms with Crippen LogP contribution in [0.25, 0.3) is 11.1 Å². The summed E-state index contributed by atoms with van der Waals surface area (Å²) < 4.78 is 21.4. The molecular weight excluding hydrogens is 500 g/mol. The van der Waals surface area contributed by atoms with Gasteiger partial charge in [-0.2, -0.15) is 0 Å². The third-order valence-corrected chi connectivity index (χ3v) is 6.18. The van der Waals surface area contributed by atoms with E-state index in [2.05, 4.69) is 0 Å². The quantitative estimate of drug-likeness (QED) is 0.182. The Labute approximate surface area is 206 Å². The van der Waals surface area contributed by atoms with Crippen molar-refractivity contribution in [3.05, 3.63) is 23.3 Å². The smallest absolute Gasteiger partial charge is 0.339 e. The molecular formula is C23H20O14. The first-order valence-electron chi connectivity index (χ1n) is 10.6. The number of aldehydes is 2. The molecule has 0 aromatic heterocycles. The fourth-order valence-electron chi connectivity index (χ4n) is 4.35. The van der Waals surface area contributed by atoms with Crippen molar-refractivity contribution in [2.24, 2.45) is 11.8 Å². The molecule has 14 nitrogen and oxygen atoms in total. The van der Waals surface area contributed by atoms with Crippen LogP contribution < -0.4 is 0 Å². The number of hydrogen-bond acceptors (Lipinski definition) is 14. The number of carbonyl (C=O) groups is 4. The standard InChI is InChI=1S/C23H20O14/c1-34-23-10(5-25)9(4-24)20-13(36-23)6-35-21(32)7-2-11(26)16(28)18(30)14(7)15-8(22(33)37-20)3-12(27)17(29)19(15)31/h2-5,9-10,13,20,23,26-31H,6H2,1H3/t9-,10?,13?,20-,23+/m1/s1. The van der Waals surface area contributed by atoms with Gasteiger partial charge < -0.3 is 59.2 Å². The SMILES string of the molecule is CO[C@H]1OC2COC(=O)c3cc(O)c(O)c(O)c3-c3c(cc(O)c(O)c3O)C(=O)O[C@@H]2[C@H](C=O)C1C=O. The predicted molar refractivity (Wildman–Crippen MR) is 116 cm³/mol. The van der Waals surface area contributed by atoms with Crippen LogP contribution in [0.4, 0.5) is 0 Å². The van der Waals surface area contributed by atoms with Crippen LogP contribution in [0, 0.1) is 11.8 Å². The number of ether oxygens (including phenoxy) is 4. The summed E-state index contributed by atoms with van der Waals surface area (Å²) in [6.07, 6.45) is -3.53. The third kappa shape index (κ3) is 4.01. The van der Waals surface area contributed by atoms with Gasteiger partial charge in [0.05, 0.1) is 23.0 Å². The zero-order valence-electron chi connectivity index (χ0n) is 18.9. The highest BCUT2D eigenvalue weighted by atomic mass is 16.7. The number of fused-ring (bicyclic) bond motifs is 4. The maximum Gasteiger partial charge on any atom is 0.339 e. The van der Waals surface area contributed by atoms with Crippen molar-refractivity contribution >= 4 is 24.5 Å². The maximum atomic E-state index is 13.3. The topological polar surface area (TPSA) is 227 Å². The third-order valence-electron chi connectivity index (χ3n) is 6.18. The van der Waals surface area contributed by atoms with Crippen LogP contribution in [0.5, 0.6) is 34.5 Å². The molecule has 196 valence electrons. The Hall–Kier alpha value is -4.56. The lowest BCUT2D eigenvalue weighted by atomic mass is 9.83. The lowest BCUT2D eigenvalue weighted by molar-refractivity contribution is -0.252. The molecule has 2 aromatic rings. The van der Waals surface area contributed by atoms with E-state index < -0.39 is 106 Å². The van der Waals surface area contributed by atoms with Gasteiger partial charge in [-0.1, -0.05) is 0 Å². The number of hydrogen-bond donors (Lipinski definition) is 6. The predicted octanol–water partition coefficient (Wildman–Crippen LogP) is 0.284. The van der Waals surface area contributed by atoms with E-state index in [1.54, 1.807) is 0 Å². The maximum absolute atomic E-state index is 13.3. The summed E-state index contributed by atoms with van der Waals surface area (Å²) in [5.41, 5.74) is -2.99. The zero-order valence-corrected chi connectivity index (χ0v) is 18.9. The van der Waals surface area contributed by atoms with Crippen LogP contribution >= 0.6 is 0 Å². The Balaban J connectivity index is 2.00. The summed E-state index contributed by atoms with van der Waals surface area (Å²) in [7, 11) is 1.19. The van der Waals surface area contributed by atoms with Crippen molar-refractivity contribution in [1.82, 2.24) is 0 Å². The first-order valence-corrected chi connectivity index (χ1v) is 10.6. The Kier molecular flexibility index (Phi) is 6.54. The van der Waals surface area contributed by atoms with Crippen molar-refractivity contribution in [2.75, 3.05) is 13.7 Å². The van der Waals surface area contributed by atoms with Crippen molar-refractivity contribution in [2.45, 2.75) is 18.5 Å². The van der Waals surface area contributed by atoms with Crippen LogP contribution in [0.2, 0.25) is 0 Å². The van der Waals surface area contributed by atoms with Gasteiger partial charge in [-0.25, -0.2) is 9.59 Å². The Morgan fingerprint density at radius 3 is 1.81 bits per heavy atom. The van der Waals surface area contributed by atoms with E-state index in [1.807, 2.05) is 0 Å². The highest BCUT2D eigenvalue weighted by Crippen LogP contribution is 2.53. The minimum atomic E-state index is -1.55. The highest BCUT2D eigenvalue weighted by Gasteiger charge is 2.49. The van der Waals surface area contributed by atoms with Crippen molar-refractivity contribution < 1.29 is 68.8 Å². The number of methoxy groups -OCH3 is 1. The number of rotatable bonds is 3. The lowest BCUT2D eigenvalue weighted by Gasteiger charge is -2.41. The van der Waals surface area contributed by atoms with Gasteiger partial charge in [-0.3, -0.25) is 0 Å². The summed E-state index contributed by atoms with van der Waals surface area (Å²) in [5.74, 6) is -11.9. The summed E-state index contributed by atoms with van der Waals surface area (Å²) in [6.45, 7) is -0.687. The number of cyclic esters (lactones) is 1. The Morgan fingerprint density at radius 1 is 0.811 bits per heavy atom. The van der Waals surface area contributed by atoms with Gasteiger partial charge in [-0.15, -0.1) is 0 Å². The molecule has 2 aliphatic heterocycles. The second-order valence-electron chi connectivity index (χ2n) is 8.20. The van der Waals surface area contributed by atoms with Crippen LogP contribution in [-0.4, -0.2) is 87.4 Å². The van der Waals surface area contributed by atoms with E-state index in [9.17, 15) is 49.8 Å². The molecule has 0 aliphatic carbocycles. The fraction of sp³-hybridized carbons (Fsp3) is 0.304. The molecule has 0 bridgehead atoms. The molecule has 2 heterocycles.